The molecule has 0 bridgehead atoms. The van der Waals surface area contributed by atoms with E-state index in [4.69, 9.17) is 5.73 Å². The molecule has 0 spiro atoms. The van der Waals surface area contributed by atoms with Crippen molar-refractivity contribution in [3.8, 4) is 0 Å². The van der Waals surface area contributed by atoms with Gasteiger partial charge in [0, 0.05) is 19.0 Å². The smallest absolute Gasteiger partial charge is 0.0325 e. The van der Waals surface area contributed by atoms with E-state index in [1.54, 1.807) is 11.8 Å². The van der Waals surface area contributed by atoms with Crippen molar-refractivity contribution < 1.29 is 0 Å². The number of benzene rings is 2. The molecule has 0 atom stereocenters. The van der Waals surface area contributed by atoms with Crippen LogP contribution in [-0.4, -0.2) is 0 Å². The molecule has 2 N–H and O–H groups in total. The summed E-state index contributed by atoms with van der Waals surface area (Å²) in [6.07, 6.45) is 0. The molecule has 2 rings (SSSR count). The summed E-state index contributed by atoms with van der Waals surface area (Å²) in [7, 11) is 0. The van der Waals surface area contributed by atoms with Crippen LogP contribution in [0.4, 0.5) is 5.69 Å². The van der Waals surface area contributed by atoms with Gasteiger partial charge in [0.15, 0.2) is 0 Å². The molecule has 0 unspecified atom stereocenters. The van der Waals surface area contributed by atoms with E-state index in [1.807, 2.05) is 12.1 Å². The molecule has 0 aromatic heterocycles. The second-order valence-corrected chi connectivity index (χ2v) is 5.80. The normalized spacial score (nSPS) is 10.4. The van der Waals surface area contributed by atoms with Gasteiger partial charge >= 0.3 is 0 Å². The molecule has 1 nitrogen and oxygen atoms in total. The average Bonchev–Trinajstić information content (AvgIpc) is 2.25. The monoisotopic (exact) mass is 341 g/mol. The molecule has 0 heterocycles. The van der Waals surface area contributed by atoms with Crippen molar-refractivity contribution in [1.29, 1.82) is 0 Å². The van der Waals surface area contributed by atoms with Crippen LogP contribution in [0.15, 0.2) is 52.3 Å². The molecule has 0 saturated carbocycles. The first-order chi connectivity index (χ1) is 7.66. The zero-order valence-electron chi connectivity index (χ0n) is 8.91. The lowest BCUT2D eigenvalue weighted by atomic mass is 10.2. The lowest BCUT2D eigenvalue weighted by Gasteiger charge is -2.07. The van der Waals surface area contributed by atoms with Crippen LogP contribution < -0.4 is 5.73 Å². The van der Waals surface area contributed by atoms with Gasteiger partial charge in [0.1, 0.15) is 0 Å². The van der Waals surface area contributed by atoms with E-state index in [1.165, 1.54) is 18.9 Å². The van der Waals surface area contributed by atoms with Gasteiger partial charge in [-0.3, -0.25) is 0 Å². The number of nitrogen functional groups attached to an aromatic ring is 1. The first kappa shape index (κ1) is 11.8. The van der Waals surface area contributed by atoms with Gasteiger partial charge in [0.05, 0.1) is 0 Å². The van der Waals surface area contributed by atoms with Gasteiger partial charge in [-0.1, -0.05) is 30.0 Å². The molecule has 0 radical (unpaired) electrons. The molecular weight excluding hydrogens is 329 g/mol. The molecule has 0 aliphatic rings. The molecule has 82 valence electrons. The van der Waals surface area contributed by atoms with E-state index in [0.29, 0.717) is 0 Å². The Morgan fingerprint density at radius 2 is 1.81 bits per heavy atom. The van der Waals surface area contributed by atoms with Crippen LogP contribution in [0.5, 0.6) is 0 Å². The van der Waals surface area contributed by atoms with E-state index in [-0.39, 0.29) is 0 Å². The van der Waals surface area contributed by atoms with Gasteiger partial charge in [0.25, 0.3) is 0 Å². The summed E-state index contributed by atoms with van der Waals surface area (Å²) in [5.74, 6) is 0. The van der Waals surface area contributed by atoms with Crippen molar-refractivity contribution in [1.82, 2.24) is 0 Å². The molecule has 0 amide bonds. The third kappa shape index (κ3) is 2.71. The number of halogens is 1. The van der Waals surface area contributed by atoms with Gasteiger partial charge in [-0.05, 0) is 59.3 Å². The summed E-state index contributed by atoms with van der Waals surface area (Å²) in [6, 6.07) is 14.4. The Balaban J connectivity index is 2.31. The van der Waals surface area contributed by atoms with Crippen LogP contribution in [0.2, 0.25) is 0 Å². The molecule has 2 aromatic carbocycles. The number of rotatable bonds is 2. The summed E-state index contributed by atoms with van der Waals surface area (Å²) in [6.45, 7) is 2.13. The fourth-order valence-corrected chi connectivity index (χ4v) is 3.16. The summed E-state index contributed by atoms with van der Waals surface area (Å²) in [5.41, 5.74) is 7.86. The first-order valence-corrected chi connectivity index (χ1v) is 6.85. The fraction of sp³-hybridized carbons (Fsp3) is 0.0769. The Morgan fingerprint density at radius 1 is 1.06 bits per heavy atom. The highest BCUT2D eigenvalue weighted by molar-refractivity contribution is 14.1. The van der Waals surface area contributed by atoms with Crippen molar-refractivity contribution in [3.63, 3.8) is 0 Å². The Hall–Kier alpha value is -0.680. The number of nitrogens with two attached hydrogens (primary N) is 1. The van der Waals surface area contributed by atoms with E-state index >= 15 is 0 Å². The molecular formula is C13H12INS. The molecule has 0 aliphatic carbocycles. The fourth-order valence-electron chi connectivity index (χ4n) is 1.39. The maximum atomic E-state index is 5.74. The Kier molecular flexibility index (Phi) is 3.76. The quantitative estimate of drug-likeness (QED) is 0.650. The Bertz CT molecular complexity index is 511. The highest BCUT2D eigenvalue weighted by atomic mass is 127. The van der Waals surface area contributed by atoms with E-state index in [9.17, 15) is 0 Å². The predicted molar refractivity (Wildman–Crippen MR) is 78.9 cm³/mol. The lowest BCUT2D eigenvalue weighted by molar-refractivity contribution is 1.29. The minimum Gasteiger partial charge on any atom is -0.399 e. The van der Waals surface area contributed by atoms with Crippen molar-refractivity contribution in [2.75, 3.05) is 5.73 Å². The summed E-state index contributed by atoms with van der Waals surface area (Å²) < 4.78 is 1.20. The summed E-state index contributed by atoms with van der Waals surface area (Å²) in [5, 5.41) is 0. The summed E-state index contributed by atoms with van der Waals surface area (Å²) >= 11 is 4.11. The lowest BCUT2D eigenvalue weighted by Crippen LogP contribution is -1.87. The second kappa shape index (κ2) is 5.10. The first-order valence-electron chi connectivity index (χ1n) is 4.95. The largest absolute Gasteiger partial charge is 0.399 e. The third-order valence-electron chi connectivity index (χ3n) is 2.27. The van der Waals surface area contributed by atoms with E-state index in [0.717, 1.165) is 5.69 Å². The highest BCUT2D eigenvalue weighted by Gasteiger charge is 2.04. The summed E-state index contributed by atoms with van der Waals surface area (Å²) in [4.78, 5) is 2.55. The zero-order chi connectivity index (χ0) is 11.5. The molecule has 0 fully saturated rings. The van der Waals surface area contributed by atoms with Gasteiger partial charge < -0.3 is 5.73 Å². The average molecular weight is 341 g/mol. The van der Waals surface area contributed by atoms with Gasteiger partial charge in [-0.15, -0.1) is 0 Å². The second-order valence-electron chi connectivity index (χ2n) is 3.56. The van der Waals surface area contributed by atoms with Gasteiger partial charge in [-0.2, -0.15) is 0 Å². The Morgan fingerprint density at radius 3 is 2.50 bits per heavy atom. The minimum atomic E-state index is 0.818. The number of aryl methyl sites for hydroxylation is 1. The van der Waals surface area contributed by atoms with E-state index in [2.05, 4.69) is 59.8 Å². The minimum absolute atomic E-state index is 0.818. The maximum absolute atomic E-state index is 5.74. The van der Waals surface area contributed by atoms with Gasteiger partial charge in [0.2, 0.25) is 0 Å². The predicted octanol–water partition coefficient (Wildman–Crippen LogP) is 4.33. The van der Waals surface area contributed by atoms with Crippen molar-refractivity contribution in [2.45, 2.75) is 16.7 Å². The zero-order valence-corrected chi connectivity index (χ0v) is 11.9. The van der Waals surface area contributed by atoms with Crippen LogP contribution in [-0.2, 0) is 0 Å². The van der Waals surface area contributed by atoms with Crippen LogP contribution in [0.3, 0.4) is 0 Å². The van der Waals surface area contributed by atoms with Crippen molar-refractivity contribution in [2.24, 2.45) is 0 Å². The van der Waals surface area contributed by atoms with Gasteiger partial charge in [-0.25, -0.2) is 0 Å². The number of hydrogen-bond acceptors (Lipinski definition) is 2. The van der Waals surface area contributed by atoms with Crippen LogP contribution in [0.1, 0.15) is 5.56 Å². The molecule has 3 heteroatoms. The molecule has 0 aliphatic heterocycles. The van der Waals surface area contributed by atoms with E-state index < -0.39 is 0 Å². The topological polar surface area (TPSA) is 26.0 Å². The Labute approximate surface area is 114 Å². The molecule has 16 heavy (non-hydrogen) atoms. The van der Waals surface area contributed by atoms with Crippen LogP contribution in [0.25, 0.3) is 0 Å². The third-order valence-corrected chi connectivity index (χ3v) is 4.78. The SMILES string of the molecule is Cc1ccccc1Sc1ccc(N)cc1I. The highest BCUT2D eigenvalue weighted by Crippen LogP contribution is 2.33. The standard InChI is InChI=1S/C13H12INS/c1-9-4-2-3-5-12(9)16-13-7-6-10(15)8-11(13)14/h2-8H,15H2,1H3. The van der Waals surface area contributed by atoms with Crippen molar-refractivity contribution >= 4 is 40.0 Å². The maximum Gasteiger partial charge on any atom is 0.0325 e. The number of anilines is 1. The molecule has 2 aromatic rings. The van der Waals surface area contributed by atoms with Crippen molar-refractivity contribution in [3.05, 3.63) is 51.6 Å². The molecule has 0 saturated heterocycles. The number of hydrogen-bond donors (Lipinski definition) is 1. The van der Waals surface area contributed by atoms with Crippen LogP contribution in [0, 0.1) is 10.5 Å². The van der Waals surface area contributed by atoms with Crippen LogP contribution >= 0.6 is 34.4 Å².